The van der Waals surface area contributed by atoms with E-state index in [0.29, 0.717) is 21.2 Å². The fourth-order valence-corrected chi connectivity index (χ4v) is 4.66. The average molecular weight is 448 g/mol. The van der Waals surface area contributed by atoms with Crippen molar-refractivity contribution in [2.45, 2.75) is 39.0 Å². The van der Waals surface area contributed by atoms with Gasteiger partial charge in [0.1, 0.15) is 5.00 Å². The lowest BCUT2D eigenvalue weighted by atomic mass is 10.1. The summed E-state index contributed by atoms with van der Waals surface area (Å²) in [5.41, 5.74) is 4.06. The van der Waals surface area contributed by atoms with E-state index in [9.17, 15) is 14.4 Å². The van der Waals surface area contributed by atoms with Gasteiger partial charge in [0, 0.05) is 15.5 Å². The zero-order chi connectivity index (χ0) is 21.5. The first-order valence-electron chi connectivity index (χ1n) is 9.71. The molecule has 1 aliphatic rings. The molecule has 2 aromatic rings. The van der Waals surface area contributed by atoms with Gasteiger partial charge < -0.3 is 10.1 Å². The molecule has 0 fully saturated rings. The van der Waals surface area contributed by atoms with E-state index in [2.05, 4.69) is 15.8 Å². The van der Waals surface area contributed by atoms with Crippen LogP contribution in [0.2, 0.25) is 5.02 Å². The Bertz CT molecular complexity index is 987. The number of hydrazone groups is 1. The maximum atomic E-state index is 12.5. The molecule has 1 aromatic heterocycles. The number of hydrogen-bond donors (Lipinski definition) is 2. The summed E-state index contributed by atoms with van der Waals surface area (Å²) in [5, 5.41) is 7.14. The number of nitrogens with zero attached hydrogens (tertiary/aromatic N) is 1. The molecular weight excluding hydrogens is 426 g/mol. The minimum absolute atomic E-state index is 0.230. The summed E-state index contributed by atoms with van der Waals surface area (Å²) in [7, 11) is 0. The third-order valence-electron chi connectivity index (χ3n) is 4.61. The standard InChI is InChI=1S/C21H22ClN3O4S/c1-2-29-21(28)17-14-9-4-3-5-11-16(14)30-20(17)24-18(26)19(27)25-23-12-13-8-6-7-10-15(13)22/h6-8,10,12H,2-5,9,11H2,1H3,(H,24,26)(H,25,27)/b23-12-. The van der Waals surface area contributed by atoms with Gasteiger partial charge in [-0.15, -0.1) is 11.3 Å². The molecule has 0 unspecified atom stereocenters. The number of halogens is 1. The Morgan fingerprint density at radius 2 is 1.93 bits per heavy atom. The topological polar surface area (TPSA) is 96.9 Å². The number of carbonyl (C=O) groups is 3. The van der Waals surface area contributed by atoms with E-state index in [0.717, 1.165) is 42.5 Å². The molecule has 7 nitrogen and oxygen atoms in total. The molecule has 0 aliphatic heterocycles. The number of rotatable bonds is 5. The normalized spacial score (nSPS) is 13.4. The van der Waals surface area contributed by atoms with Gasteiger partial charge in [-0.2, -0.15) is 5.10 Å². The van der Waals surface area contributed by atoms with E-state index >= 15 is 0 Å². The number of carbonyl (C=O) groups excluding carboxylic acids is 3. The van der Waals surface area contributed by atoms with Crippen LogP contribution in [0.15, 0.2) is 29.4 Å². The Labute approximate surface area is 183 Å². The van der Waals surface area contributed by atoms with Crippen molar-refractivity contribution in [3.63, 3.8) is 0 Å². The number of thiophene rings is 1. The van der Waals surface area contributed by atoms with Gasteiger partial charge in [-0.05, 0) is 44.2 Å². The first-order chi connectivity index (χ1) is 14.5. The molecule has 158 valence electrons. The lowest BCUT2D eigenvalue weighted by Gasteiger charge is -2.08. The van der Waals surface area contributed by atoms with Gasteiger partial charge in [0.15, 0.2) is 0 Å². The summed E-state index contributed by atoms with van der Waals surface area (Å²) in [6.07, 6.45) is 6.05. The van der Waals surface area contributed by atoms with Crippen molar-refractivity contribution in [2.75, 3.05) is 11.9 Å². The molecule has 3 rings (SSSR count). The van der Waals surface area contributed by atoms with Crippen molar-refractivity contribution in [1.29, 1.82) is 0 Å². The number of benzene rings is 1. The van der Waals surface area contributed by atoms with Crippen LogP contribution in [0.1, 0.15) is 52.5 Å². The molecule has 2 N–H and O–H groups in total. The minimum Gasteiger partial charge on any atom is -0.462 e. The van der Waals surface area contributed by atoms with Crippen LogP contribution < -0.4 is 10.7 Å². The second-order valence-corrected chi connectivity index (χ2v) is 8.18. The third kappa shape index (κ3) is 5.25. The van der Waals surface area contributed by atoms with Gasteiger partial charge in [-0.25, -0.2) is 10.2 Å². The monoisotopic (exact) mass is 447 g/mol. The highest BCUT2D eigenvalue weighted by Gasteiger charge is 2.27. The van der Waals surface area contributed by atoms with E-state index in [-0.39, 0.29) is 6.61 Å². The zero-order valence-corrected chi connectivity index (χ0v) is 18.1. The van der Waals surface area contributed by atoms with Gasteiger partial charge in [0.25, 0.3) is 0 Å². The lowest BCUT2D eigenvalue weighted by Crippen LogP contribution is -2.32. The second-order valence-electron chi connectivity index (χ2n) is 6.66. The molecule has 2 amide bonds. The van der Waals surface area contributed by atoms with Crippen LogP contribution in [0.25, 0.3) is 0 Å². The molecule has 0 bridgehead atoms. The Morgan fingerprint density at radius 3 is 2.70 bits per heavy atom. The van der Waals surface area contributed by atoms with Crippen LogP contribution in [-0.4, -0.2) is 30.6 Å². The summed E-state index contributed by atoms with van der Waals surface area (Å²) >= 11 is 7.35. The van der Waals surface area contributed by atoms with Crippen molar-refractivity contribution in [1.82, 2.24) is 5.43 Å². The van der Waals surface area contributed by atoms with Crippen molar-refractivity contribution in [2.24, 2.45) is 5.10 Å². The third-order valence-corrected chi connectivity index (χ3v) is 6.16. The molecule has 9 heteroatoms. The van der Waals surface area contributed by atoms with Crippen molar-refractivity contribution >= 4 is 51.9 Å². The smallest absolute Gasteiger partial charge is 0.341 e. The van der Waals surface area contributed by atoms with Gasteiger partial charge in [-0.1, -0.05) is 36.2 Å². The molecular formula is C21H22ClN3O4S. The van der Waals surface area contributed by atoms with Crippen molar-refractivity contribution in [3.8, 4) is 0 Å². The Morgan fingerprint density at radius 1 is 1.17 bits per heavy atom. The van der Waals surface area contributed by atoms with Crippen LogP contribution in [0, 0.1) is 0 Å². The molecule has 0 saturated heterocycles. The van der Waals surface area contributed by atoms with E-state index < -0.39 is 17.8 Å². The predicted molar refractivity (Wildman–Crippen MR) is 117 cm³/mol. The number of anilines is 1. The quantitative estimate of drug-likeness (QED) is 0.238. The highest BCUT2D eigenvalue weighted by Crippen LogP contribution is 2.38. The summed E-state index contributed by atoms with van der Waals surface area (Å²) in [6, 6.07) is 6.96. The first kappa shape index (κ1) is 22.0. The van der Waals surface area contributed by atoms with Crippen molar-refractivity contribution in [3.05, 3.63) is 50.9 Å². The molecule has 0 spiro atoms. The Kier molecular flexibility index (Phi) is 7.59. The highest BCUT2D eigenvalue weighted by molar-refractivity contribution is 7.17. The number of nitrogens with one attached hydrogen (secondary N) is 2. The average Bonchev–Trinajstić information content (AvgIpc) is 2.89. The largest absolute Gasteiger partial charge is 0.462 e. The van der Waals surface area contributed by atoms with E-state index in [1.54, 1.807) is 31.2 Å². The molecule has 1 heterocycles. The molecule has 30 heavy (non-hydrogen) atoms. The van der Waals surface area contributed by atoms with Crippen LogP contribution in [0.4, 0.5) is 5.00 Å². The number of aryl methyl sites for hydroxylation is 1. The Balaban J connectivity index is 1.73. The fourth-order valence-electron chi connectivity index (χ4n) is 3.20. The summed E-state index contributed by atoms with van der Waals surface area (Å²) < 4.78 is 5.18. The Hall–Kier alpha value is -2.71. The number of amides is 2. The van der Waals surface area contributed by atoms with Crippen molar-refractivity contribution < 1.29 is 19.1 Å². The number of esters is 1. The van der Waals surface area contributed by atoms with Crippen LogP contribution in [0.3, 0.4) is 0 Å². The predicted octanol–water partition coefficient (Wildman–Crippen LogP) is 3.94. The van der Waals surface area contributed by atoms with Gasteiger partial charge in [-0.3, -0.25) is 9.59 Å². The van der Waals surface area contributed by atoms with E-state index in [1.807, 2.05) is 0 Å². The molecule has 1 aromatic carbocycles. The van der Waals surface area contributed by atoms with Crippen LogP contribution in [-0.2, 0) is 27.2 Å². The van der Waals surface area contributed by atoms with Gasteiger partial charge in [0.05, 0.1) is 18.4 Å². The van der Waals surface area contributed by atoms with Gasteiger partial charge in [0.2, 0.25) is 0 Å². The van der Waals surface area contributed by atoms with E-state index in [1.165, 1.54) is 17.6 Å². The molecule has 0 radical (unpaired) electrons. The number of ether oxygens (including phenoxy) is 1. The fraction of sp³-hybridized carbons (Fsp3) is 0.333. The summed E-state index contributed by atoms with van der Waals surface area (Å²) in [6.45, 7) is 1.96. The maximum Gasteiger partial charge on any atom is 0.341 e. The SMILES string of the molecule is CCOC(=O)c1c(NC(=O)C(=O)N/N=C\c2ccccc2Cl)sc2c1CCCCC2. The first-order valence-corrected chi connectivity index (χ1v) is 10.9. The lowest BCUT2D eigenvalue weighted by molar-refractivity contribution is -0.136. The van der Waals surface area contributed by atoms with Crippen LogP contribution >= 0.6 is 22.9 Å². The summed E-state index contributed by atoms with van der Waals surface area (Å²) in [5.74, 6) is -2.34. The summed E-state index contributed by atoms with van der Waals surface area (Å²) in [4.78, 5) is 38.1. The number of fused-ring (bicyclic) bond motifs is 1. The maximum absolute atomic E-state index is 12.5. The molecule has 0 saturated carbocycles. The van der Waals surface area contributed by atoms with Crippen LogP contribution in [0.5, 0.6) is 0 Å². The van der Waals surface area contributed by atoms with Gasteiger partial charge >= 0.3 is 17.8 Å². The highest BCUT2D eigenvalue weighted by atomic mass is 35.5. The second kappa shape index (κ2) is 10.4. The minimum atomic E-state index is -0.947. The zero-order valence-electron chi connectivity index (χ0n) is 16.5. The number of hydrogen-bond acceptors (Lipinski definition) is 6. The molecule has 1 aliphatic carbocycles. The molecule has 0 atom stereocenters. The van der Waals surface area contributed by atoms with E-state index in [4.69, 9.17) is 16.3 Å².